The summed E-state index contributed by atoms with van der Waals surface area (Å²) >= 11 is 0. The first kappa shape index (κ1) is 20.6. The Hall–Kier alpha value is -2.66. The normalized spacial score (nSPS) is 12.8. The lowest BCUT2D eigenvalue weighted by Gasteiger charge is -2.25. The SMILES string of the molecule is COc1ccc(C(CCC=O)OC(CCC=O)c2ccc(OC)cc2)cc1. The molecule has 0 fully saturated rings. The van der Waals surface area contributed by atoms with E-state index in [1.807, 2.05) is 48.5 Å². The topological polar surface area (TPSA) is 61.8 Å². The van der Waals surface area contributed by atoms with Gasteiger partial charge < -0.3 is 23.8 Å². The zero-order valence-electron chi connectivity index (χ0n) is 15.8. The summed E-state index contributed by atoms with van der Waals surface area (Å²) in [7, 11) is 3.24. The molecule has 0 spiro atoms. The number of ether oxygens (including phenoxy) is 3. The number of hydrogen-bond acceptors (Lipinski definition) is 5. The van der Waals surface area contributed by atoms with E-state index in [0.717, 1.165) is 35.2 Å². The maximum atomic E-state index is 10.9. The van der Waals surface area contributed by atoms with E-state index in [9.17, 15) is 9.59 Å². The number of aldehydes is 2. The molecule has 0 heterocycles. The average Bonchev–Trinajstić information content (AvgIpc) is 2.73. The van der Waals surface area contributed by atoms with Crippen molar-refractivity contribution in [2.45, 2.75) is 37.9 Å². The van der Waals surface area contributed by atoms with Gasteiger partial charge in [0.05, 0.1) is 26.4 Å². The molecule has 0 amide bonds. The first-order valence-electron chi connectivity index (χ1n) is 9.02. The molecule has 144 valence electrons. The Bertz CT molecular complexity index is 632. The third-order valence-corrected chi connectivity index (χ3v) is 4.40. The minimum absolute atomic E-state index is 0.250. The molecule has 0 saturated heterocycles. The molecule has 2 rings (SSSR count). The number of carbonyl (C=O) groups is 2. The summed E-state index contributed by atoms with van der Waals surface area (Å²) in [5.41, 5.74) is 1.95. The van der Waals surface area contributed by atoms with Crippen molar-refractivity contribution in [1.82, 2.24) is 0 Å². The van der Waals surface area contributed by atoms with E-state index < -0.39 is 0 Å². The third-order valence-electron chi connectivity index (χ3n) is 4.40. The third kappa shape index (κ3) is 6.22. The Morgan fingerprint density at radius 3 is 1.37 bits per heavy atom. The molecule has 5 heteroatoms. The maximum Gasteiger partial charge on any atom is 0.120 e. The first-order valence-corrected chi connectivity index (χ1v) is 9.02. The van der Waals surface area contributed by atoms with Crippen LogP contribution in [0.25, 0.3) is 0 Å². The van der Waals surface area contributed by atoms with Crippen LogP contribution < -0.4 is 9.47 Å². The summed E-state index contributed by atoms with van der Waals surface area (Å²) in [4.78, 5) is 21.8. The van der Waals surface area contributed by atoms with Crippen LogP contribution in [-0.2, 0) is 14.3 Å². The van der Waals surface area contributed by atoms with Crippen LogP contribution >= 0.6 is 0 Å². The summed E-state index contributed by atoms with van der Waals surface area (Å²) in [6, 6.07) is 15.3. The van der Waals surface area contributed by atoms with Gasteiger partial charge in [-0.25, -0.2) is 0 Å². The molecular formula is C22H26O5. The van der Waals surface area contributed by atoms with Gasteiger partial charge in [0.15, 0.2) is 0 Å². The second kappa shape index (κ2) is 11.1. The molecule has 0 N–H and O–H groups in total. The Morgan fingerprint density at radius 2 is 1.07 bits per heavy atom. The van der Waals surface area contributed by atoms with Crippen molar-refractivity contribution in [3.63, 3.8) is 0 Å². The van der Waals surface area contributed by atoms with Gasteiger partial charge in [0.25, 0.3) is 0 Å². The highest BCUT2D eigenvalue weighted by Crippen LogP contribution is 2.33. The molecule has 2 atom stereocenters. The zero-order chi connectivity index (χ0) is 19.5. The van der Waals surface area contributed by atoms with Crippen LogP contribution in [0.15, 0.2) is 48.5 Å². The van der Waals surface area contributed by atoms with E-state index in [1.54, 1.807) is 14.2 Å². The Kier molecular flexibility index (Phi) is 8.52. The smallest absolute Gasteiger partial charge is 0.120 e. The highest BCUT2D eigenvalue weighted by atomic mass is 16.5. The minimum atomic E-state index is -0.250. The number of rotatable bonds is 12. The van der Waals surface area contributed by atoms with Crippen molar-refractivity contribution in [2.75, 3.05) is 14.2 Å². The molecule has 0 radical (unpaired) electrons. The van der Waals surface area contributed by atoms with Crippen LogP contribution in [-0.4, -0.2) is 26.8 Å². The molecule has 0 bridgehead atoms. The second-order valence-electron chi connectivity index (χ2n) is 6.15. The molecule has 2 unspecified atom stereocenters. The molecule has 27 heavy (non-hydrogen) atoms. The maximum absolute atomic E-state index is 10.9. The lowest BCUT2D eigenvalue weighted by Crippen LogP contribution is -2.12. The molecule has 0 aliphatic rings. The minimum Gasteiger partial charge on any atom is -0.497 e. The van der Waals surface area contributed by atoms with Gasteiger partial charge in [0.2, 0.25) is 0 Å². The predicted molar refractivity (Wildman–Crippen MR) is 103 cm³/mol. The van der Waals surface area contributed by atoms with Gasteiger partial charge in [-0.3, -0.25) is 0 Å². The first-order chi connectivity index (χ1) is 13.2. The van der Waals surface area contributed by atoms with E-state index in [4.69, 9.17) is 14.2 Å². The fourth-order valence-electron chi connectivity index (χ4n) is 2.90. The summed E-state index contributed by atoms with van der Waals surface area (Å²) in [5.74, 6) is 1.53. The Balaban J connectivity index is 2.23. The predicted octanol–water partition coefficient (Wildman–Crippen LogP) is 4.46. The molecule has 0 aromatic heterocycles. The zero-order valence-corrected chi connectivity index (χ0v) is 15.8. The summed E-state index contributed by atoms with van der Waals surface area (Å²) < 4.78 is 16.8. The van der Waals surface area contributed by atoms with Crippen LogP contribution in [0.3, 0.4) is 0 Å². The number of benzene rings is 2. The fraction of sp³-hybridized carbons (Fsp3) is 0.364. The molecule has 0 saturated carbocycles. The number of carbonyl (C=O) groups excluding carboxylic acids is 2. The van der Waals surface area contributed by atoms with Gasteiger partial charge in [-0.15, -0.1) is 0 Å². The van der Waals surface area contributed by atoms with Crippen LogP contribution in [0.5, 0.6) is 11.5 Å². The van der Waals surface area contributed by atoms with Crippen molar-refractivity contribution in [3.05, 3.63) is 59.7 Å². The van der Waals surface area contributed by atoms with Crippen molar-refractivity contribution in [1.29, 1.82) is 0 Å². The highest BCUT2D eigenvalue weighted by Gasteiger charge is 2.20. The van der Waals surface area contributed by atoms with Crippen LogP contribution in [0.2, 0.25) is 0 Å². The molecule has 5 nitrogen and oxygen atoms in total. The van der Waals surface area contributed by atoms with Gasteiger partial charge in [-0.05, 0) is 48.2 Å². The second-order valence-corrected chi connectivity index (χ2v) is 6.15. The summed E-state index contributed by atoms with van der Waals surface area (Å²) in [6.07, 6.45) is 3.24. The van der Waals surface area contributed by atoms with Crippen LogP contribution in [0.4, 0.5) is 0 Å². The standard InChI is InChI=1S/C22H26O5/c1-25-19-11-7-17(8-12-19)21(5-3-15-23)27-22(6-4-16-24)18-9-13-20(26-2)14-10-18/h7-16,21-22H,3-6H2,1-2H3. The summed E-state index contributed by atoms with van der Waals surface area (Å²) in [5, 5.41) is 0. The van der Waals surface area contributed by atoms with Crippen molar-refractivity contribution in [2.24, 2.45) is 0 Å². The van der Waals surface area contributed by atoms with E-state index in [2.05, 4.69) is 0 Å². The van der Waals surface area contributed by atoms with Crippen LogP contribution in [0, 0.1) is 0 Å². The molecule has 2 aromatic rings. The van der Waals surface area contributed by atoms with Gasteiger partial charge in [-0.1, -0.05) is 24.3 Å². The quantitative estimate of drug-likeness (QED) is 0.516. The van der Waals surface area contributed by atoms with Crippen molar-refractivity contribution >= 4 is 12.6 Å². The van der Waals surface area contributed by atoms with E-state index >= 15 is 0 Å². The number of hydrogen-bond donors (Lipinski definition) is 0. The van der Waals surface area contributed by atoms with E-state index in [-0.39, 0.29) is 12.2 Å². The van der Waals surface area contributed by atoms with Gasteiger partial charge in [0.1, 0.15) is 24.1 Å². The molecule has 0 aliphatic heterocycles. The largest absolute Gasteiger partial charge is 0.497 e. The van der Waals surface area contributed by atoms with Gasteiger partial charge >= 0.3 is 0 Å². The molecular weight excluding hydrogens is 344 g/mol. The lowest BCUT2D eigenvalue weighted by molar-refractivity contribution is -0.109. The monoisotopic (exact) mass is 370 g/mol. The molecule has 2 aromatic carbocycles. The Labute approximate surface area is 160 Å². The lowest BCUT2D eigenvalue weighted by atomic mass is 10.0. The van der Waals surface area contributed by atoms with E-state index in [1.165, 1.54) is 0 Å². The average molecular weight is 370 g/mol. The summed E-state index contributed by atoms with van der Waals surface area (Å²) in [6.45, 7) is 0. The van der Waals surface area contributed by atoms with Gasteiger partial charge in [0, 0.05) is 12.8 Å². The van der Waals surface area contributed by atoms with Crippen molar-refractivity contribution in [3.8, 4) is 11.5 Å². The number of methoxy groups -OCH3 is 2. The molecule has 0 aliphatic carbocycles. The van der Waals surface area contributed by atoms with E-state index in [0.29, 0.717) is 25.7 Å². The van der Waals surface area contributed by atoms with Crippen LogP contribution in [0.1, 0.15) is 49.0 Å². The highest BCUT2D eigenvalue weighted by molar-refractivity contribution is 5.49. The van der Waals surface area contributed by atoms with Crippen molar-refractivity contribution < 1.29 is 23.8 Å². The Morgan fingerprint density at radius 1 is 0.704 bits per heavy atom. The fourth-order valence-corrected chi connectivity index (χ4v) is 2.90. The van der Waals surface area contributed by atoms with Gasteiger partial charge in [-0.2, -0.15) is 0 Å².